The first kappa shape index (κ1) is 22.1. The van der Waals surface area contributed by atoms with Crippen LogP contribution in [-0.2, 0) is 20.4 Å². The zero-order valence-corrected chi connectivity index (χ0v) is 17.6. The van der Waals surface area contributed by atoms with Crippen molar-refractivity contribution in [1.82, 2.24) is 10.3 Å². The number of hydrogen-bond donors (Lipinski definition) is 1. The molecule has 1 aliphatic carbocycles. The summed E-state index contributed by atoms with van der Waals surface area (Å²) in [6.07, 6.45) is 0.289. The number of nitrogens with zero attached hydrogens (tertiary/aromatic N) is 1. The van der Waals surface area contributed by atoms with Gasteiger partial charge < -0.3 is 14.2 Å². The molecule has 164 valence electrons. The molecule has 0 radical (unpaired) electrons. The van der Waals surface area contributed by atoms with E-state index in [4.69, 9.17) is 4.74 Å². The molecule has 1 amide bonds. The Kier molecular flexibility index (Phi) is 5.16. The van der Waals surface area contributed by atoms with Gasteiger partial charge in [-0.3, -0.25) is 4.98 Å². The third-order valence-electron chi connectivity index (χ3n) is 4.41. The highest BCUT2D eigenvalue weighted by Gasteiger charge is 2.50. The molecule has 11 heteroatoms. The first-order chi connectivity index (χ1) is 13.6. The number of aryl methyl sites for hydroxylation is 1. The predicted molar refractivity (Wildman–Crippen MR) is 102 cm³/mol. The van der Waals surface area contributed by atoms with Gasteiger partial charge in [0.2, 0.25) is 0 Å². The third kappa shape index (κ3) is 4.61. The minimum Gasteiger partial charge on any atom is -0.444 e. The van der Waals surface area contributed by atoms with Crippen LogP contribution in [0.4, 0.5) is 18.0 Å². The molecule has 1 saturated carbocycles. The molecule has 0 unspecified atom stereocenters. The summed E-state index contributed by atoms with van der Waals surface area (Å²) < 4.78 is 70.9. The number of carbonyl (C=O) groups excluding carboxylic acids is 1. The van der Waals surface area contributed by atoms with Crippen LogP contribution in [0.1, 0.15) is 44.9 Å². The van der Waals surface area contributed by atoms with Crippen LogP contribution in [0.3, 0.4) is 0 Å². The second-order valence-corrected chi connectivity index (χ2v) is 9.72. The predicted octanol–water partition coefficient (Wildman–Crippen LogP) is 4.29. The number of fused-ring (bicyclic) bond motifs is 1. The van der Waals surface area contributed by atoms with Gasteiger partial charge in [-0.05, 0) is 58.2 Å². The van der Waals surface area contributed by atoms with E-state index in [9.17, 15) is 26.4 Å². The normalized spacial score (nSPS) is 16.2. The van der Waals surface area contributed by atoms with E-state index in [2.05, 4.69) is 14.5 Å². The number of nitrogens with one attached hydrogen (secondary N) is 1. The van der Waals surface area contributed by atoms with Gasteiger partial charge in [-0.15, -0.1) is 0 Å². The standard InChI is InChI=1S/C19H21F3N2O5S/c1-11-5-6-13-14(18(7-8-18)24-16(25)28-17(2,3)4)9-12(10-15(13)23-11)29-30(26,27)19(20,21)22/h5-6,9-10H,7-8H2,1-4H3,(H,24,25). The van der Waals surface area contributed by atoms with Crippen LogP contribution in [0.25, 0.3) is 10.9 Å². The zero-order chi connectivity index (χ0) is 22.5. The summed E-state index contributed by atoms with van der Waals surface area (Å²) in [4.78, 5) is 16.6. The fourth-order valence-corrected chi connectivity index (χ4v) is 3.46. The number of alkyl carbamates (subject to hydrolysis) is 1. The minimum absolute atomic E-state index is 0.247. The Morgan fingerprint density at radius 1 is 1.17 bits per heavy atom. The summed E-state index contributed by atoms with van der Waals surface area (Å²) in [5.74, 6) is -0.537. The number of benzene rings is 1. The quantitative estimate of drug-likeness (QED) is 0.556. The molecular formula is C19H21F3N2O5S. The van der Waals surface area contributed by atoms with Gasteiger partial charge in [-0.2, -0.15) is 21.6 Å². The average molecular weight is 446 g/mol. The van der Waals surface area contributed by atoms with Crippen molar-refractivity contribution in [3.05, 3.63) is 35.5 Å². The third-order valence-corrected chi connectivity index (χ3v) is 5.39. The molecule has 7 nitrogen and oxygen atoms in total. The second-order valence-electron chi connectivity index (χ2n) is 8.18. The van der Waals surface area contributed by atoms with Crippen LogP contribution in [0.15, 0.2) is 24.3 Å². The van der Waals surface area contributed by atoms with Crippen molar-refractivity contribution in [3.63, 3.8) is 0 Å². The van der Waals surface area contributed by atoms with Gasteiger partial charge in [-0.25, -0.2) is 4.79 Å². The topological polar surface area (TPSA) is 94.6 Å². The molecule has 1 fully saturated rings. The Hall–Kier alpha value is -2.56. The lowest BCUT2D eigenvalue weighted by Crippen LogP contribution is -2.39. The molecule has 0 spiro atoms. The lowest BCUT2D eigenvalue weighted by molar-refractivity contribution is -0.0500. The van der Waals surface area contributed by atoms with Crippen molar-refractivity contribution in [2.24, 2.45) is 0 Å². The number of alkyl halides is 3. The van der Waals surface area contributed by atoms with Crippen LogP contribution >= 0.6 is 0 Å². The van der Waals surface area contributed by atoms with Crippen molar-refractivity contribution in [2.75, 3.05) is 0 Å². The largest absolute Gasteiger partial charge is 0.534 e. The van der Waals surface area contributed by atoms with Crippen molar-refractivity contribution < 1.29 is 35.3 Å². The Morgan fingerprint density at radius 3 is 2.33 bits per heavy atom. The number of aromatic nitrogens is 1. The van der Waals surface area contributed by atoms with Crippen molar-refractivity contribution in [1.29, 1.82) is 0 Å². The van der Waals surface area contributed by atoms with E-state index in [0.717, 1.165) is 6.07 Å². The van der Waals surface area contributed by atoms with Crippen LogP contribution in [0.2, 0.25) is 0 Å². The average Bonchev–Trinajstić information content (AvgIpc) is 3.30. The summed E-state index contributed by atoms with van der Waals surface area (Å²) in [5.41, 5.74) is -6.00. The number of ether oxygens (including phenoxy) is 1. The Labute approximate surface area is 171 Å². The molecule has 0 atom stereocenters. The Bertz CT molecular complexity index is 1100. The maximum Gasteiger partial charge on any atom is 0.534 e. The summed E-state index contributed by atoms with van der Waals surface area (Å²) in [6, 6.07) is 5.74. The molecule has 30 heavy (non-hydrogen) atoms. The van der Waals surface area contributed by atoms with Gasteiger partial charge >= 0.3 is 21.7 Å². The SMILES string of the molecule is Cc1ccc2c(C3(NC(=O)OC(C)(C)C)CC3)cc(OS(=O)(=O)C(F)(F)F)cc2n1. The fourth-order valence-electron chi connectivity index (χ4n) is 3.01. The summed E-state index contributed by atoms with van der Waals surface area (Å²) in [6.45, 7) is 6.78. The molecule has 1 aromatic carbocycles. The lowest BCUT2D eigenvalue weighted by Gasteiger charge is -2.25. The van der Waals surface area contributed by atoms with Crippen LogP contribution in [0.5, 0.6) is 5.75 Å². The van der Waals surface area contributed by atoms with E-state index >= 15 is 0 Å². The van der Waals surface area contributed by atoms with Gasteiger partial charge in [0.1, 0.15) is 11.4 Å². The number of rotatable bonds is 4. The number of halogens is 3. The first-order valence-electron chi connectivity index (χ1n) is 9.06. The van der Waals surface area contributed by atoms with E-state index in [-0.39, 0.29) is 5.52 Å². The van der Waals surface area contributed by atoms with Gasteiger partial charge in [0, 0.05) is 17.1 Å². The molecular weight excluding hydrogens is 425 g/mol. The van der Waals surface area contributed by atoms with Crippen LogP contribution in [-0.4, -0.2) is 30.6 Å². The molecule has 1 aliphatic rings. The molecule has 3 rings (SSSR count). The first-order valence-corrected chi connectivity index (χ1v) is 10.5. The van der Waals surface area contributed by atoms with Crippen LogP contribution in [0, 0.1) is 6.92 Å². The molecule has 1 heterocycles. The van der Waals surface area contributed by atoms with Gasteiger partial charge in [0.05, 0.1) is 11.1 Å². The maximum atomic E-state index is 12.8. The number of pyridine rings is 1. The monoisotopic (exact) mass is 446 g/mol. The molecule has 0 saturated heterocycles. The van der Waals surface area contributed by atoms with E-state index in [0.29, 0.717) is 29.5 Å². The Balaban J connectivity index is 2.06. The molecule has 1 aromatic heterocycles. The highest BCUT2D eigenvalue weighted by Crippen LogP contribution is 2.49. The molecule has 0 aliphatic heterocycles. The molecule has 0 bridgehead atoms. The van der Waals surface area contributed by atoms with Crippen molar-refractivity contribution in [2.45, 2.75) is 57.2 Å². The van der Waals surface area contributed by atoms with Gasteiger partial charge in [-0.1, -0.05) is 6.07 Å². The summed E-state index contributed by atoms with van der Waals surface area (Å²) in [7, 11) is -5.86. The Morgan fingerprint density at radius 2 is 1.80 bits per heavy atom. The van der Waals surface area contributed by atoms with Crippen molar-refractivity contribution >= 4 is 27.1 Å². The van der Waals surface area contributed by atoms with Crippen LogP contribution < -0.4 is 9.50 Å². The second kappa shape index (κ2) is 7.00. The van der Waals surface area contributed by atoms with E-state index in [1.165, 1.54) is 6.07 Å². The maximum absolute atomic E-state index is 12.8. The molecule has 2 aromatic rings. The van der Waals surface area contributed by atoms with E-state index < -0.39 is 38.6 Å². The van der Waals surface area contributed by atoms with Gasteiger partial charge in [0.25, 0.3) is 0 Å². The van der Waals surface area contributed by atoms with Gasteiger partial charge in [0.15, 0.2) is 0 Å². The van der Waals surface area contributed by atoms with Crippen molar-refractivity contribution in [3.8, 4) is 5.75 Å². The van der Waals surface area contributed by atoms with E-state index in [1.54, 1.807) is 39.8 Å². The molecule has 1 N–H and O–H groups in total. The number of amides is 1. The number of carbonyl (C=O) groups is 1. The minimum atomic E-state index is -5.86. The lowest BCUT2D eigenvalue weighted by atomic mass is 9.98. The smallest absolute Gasteiger partial charge is 0.444 e. The highest BCUT2D eigenvalue weighted by molar-refractivity contribution is 7.88. The zero-order valence-electron chi connectivity index (χ0n) is 16.8. The summed E-state index contributed by atoms with van der Waals surface area (Å²) >= 11 is 0. The number of hydrogen-bond acceptors (Lipinski definition) is 6. The fraction of sp³-hybridized carbons (Fsp3) is 0.474. The van der Waals surface area contributed by atoms with E-state index in [1.807, 2.05) is 0 Å². The highest BCUT2D eigenvalue weighted by atomic mass is 32.2. The summed E-state index contributed by atoms with van der Waals surface area (Å²) in [5, 5.41) is 3.31.